The van der Waals surface area contributed by atoms with E-state index in [0.29, 0.717) is 11.3 Å². The predicted octanol–water partition coefficient (Wildman–Crippen LogP) is 4.02. The quantitative estimate of drug-likeness (QED) is 0.431. The average Bonchev–Trinajstić information content (AvgIpc) is 3.11. The molecule has 4 rings (SSSR count). The number of aryl methyl sites for hydroxylation is 2. The molecule has 0 aliphatic heterocycles. The normalized spacial score (nSPS) is 12.6. The predicted molar refractivity (Wildman–Crippen MR) is 125 cm³/mol. The monoisotopic (exact) mass is 483 g/mol. The number of aromatic nitrogens is 4. The molecule has 182 valence electrons. The lowest BCUT2D eigenvalue weighted by atomic mass is 10.1. The molecule has 0 aliphatic carbocycles. The number of fused-ring (bicyclic) bond motifs is 1. The maximum absolute atomic E-state index is 13.1. The van der Waals surface area contributed by atoms with Gasteiger partial charge in [0.15, 0.2) is 5.65 Å². The first-order valence-electron chi connectivity index (χ1n) is 11.1. The van der Waals surface area contributed by atoms with Crippen LogP contribution in [-0.4, -0.2) is 31.1 Å². The molecular weight excluding hydrogens is 459 g/mol. The van der Waals surface area contributed by atoms with Gasteiger partial charge >= 0.3 is 11.9 Å². The van der Waals surface area contributed by atoms with Crippen LogP contribution in [0.2, 0.25) is 0 Å². The summed E-state index contributed by atoms with van der Waals surface area (Å²) in [6.45, 7) is 3.29. The number of hydrogen-bond donors (Lipinski definition) is 1. The standard InChI is InChI=1S/C25H24F3N5O2/c1-16(8-9-18-6-4-3-5-7-18)29-22(34)15-32-24(35)33-21(31-32)14-17(2)30-23(33)19-10-12-20(13-11-19)25(26,27)28/h3-7,10-14,16H,8-9,15H2,1-2H3,(H,29,34)/t16-/m1/s1. The van der Waals surface area contributed by atoms with Crippen LogP contribution in [0.4, 0.5) is 13.2 Å². The molecule has 0 bridgehead atoms. The van der Waals surface area contributed by atoms with E-state index in [9.17, 15) is 22.8 Å². The number of alkyl halides is 3. The lowest BCUT2D eigenvalue weighted by Gasteiger charge is -2.13. The zero-order valence-corrected chi connectivity index (χ0v) is 19.2. The van der Waals surface area contributed by atoms with Crippen LogP contribution in [0.3, 0.4) is 0 Å². The van der Waals surface area contributed by atoms with E-state index in [1.807, 2.05) is 37.3 Å². The van der Waals surface area contributed by atoms with Gasteiger partial charge in [-0.15, -0.1) is 5.10 Å². The number of halogens is 3. The summed E-state index contributed by atoms with van der Waals surface area (Å²) in [5.41, 5.74) is 0.878. The van der Waals surface area contributed by atoms with Crippen molar-refractivity contribution in [1.82, 2.24) is 24.5 Å². The van der Waals surface area contributed by atoms with Gasteiger partial charge < -0.3 is 5.32 Å². The Hall–Kier alpha value is -3.95. The summed E-state index contributed by atoms with van der Waals surface area (Å²) in [5, 5.41) is 7.12. The molecule has 0 saturated heterocycles. The minimum absolute atomic E-state index is 0.109. The molecule has 0 unspecified atom stereocenters. The zero-order valence-electron chi connectivity index (χ0n) is 19.2. The molecule has 0 spiro atoms. The van der Waals surface area contributed by atoms with Crippen molar-refractivity contribution in [2.24, 2.45) is 0 Å². The smallest absolute Gasteiger partial charge is 0.352 e. The Morgan fingerprint density at radius 1 is 1.09 bits per heavy atom. The molecule has 0 fully saturated rings. The van der Waals surface area contributed by atoms with Crippen molar-refractivity contribution in [1.29, 1.82) is 0 Å². The van der Waals surface area contributed by atoms with Crippen LogP contribution >= 0.6 is 0 Å². The second-order valence-electron chi connectivity index (χ2n) is 8.42. The first-order chi connectivity index (χ1) is 16.6. The van der Waals surface area contributed by atoms with E-state index < -0.39 is 17.4 Å². The van der Waals surface area contributed by atoms with Gasteiger partial charge in [0.1, 0.15) is 12.4 Å². The Balaban J connectivity index is 1.53. The highest BCUT2D eigenvalue weighted by Gasteiger charge is 2.30. The van der Waals surface area contributed by atoms with Gasteiger partial charge in [0.25, 0.3) is 0 Å². The highest BCUT2D eigenvalue weighted by molar-refractivity contribution is 5.76. The van der Waals surface area contributed by atoms with Crippen LogP contribution in [-0.2, 0) is 23.9 Å². The van der Waals surface area contributed by atoms with Crippen LogP contribution in [0.25, 0.3) is 17.0 Å². The lowest BCUT2D eigenvalue weighted by Crippen LogP contribution is -2.38. The van der Waals surface area contributed by atoms with E-state index in [1.54, 1.807) is 13.0 Å². The third-order valence-corrected chi connectivity index (χ3v) is 5.58. The van der Waals surface area contributed by atoms with Crippen LogP contribution < -0.4 is 11.0 Å². The van der Waals surface area contributed by atoms with Gasteiger partial charge in [-0.05, 0) is 44.4 Å². The summed E-state index contributed by atoms with van der Waals surface area (Å²) in [7, 11) is 0. The summed E-state index contributed by atoms with van der Waals surface area (Å²) in [5.74, 6) is -0.210. The number of carbonyl (C=O) groups excluding carboxylic acids is 1. The van der Waals surface area contributed by atoms with E-state index in [1.165, 1.54) is 22.1 Å². The van der Waals surface area contributed by atoms with Crippen LogP contribution in [0.5, 0.6) is 0 Å². The van der Waals surface area contributed by atoms with Crippen molar-refractivity contribution in [2.45, 2.75) is 45.5 Å². The van der Waals surface area contributed by atoms with Gasteiger partial charge in [-0.25, -0.2) is 18.9 Å². The van der Waals surface area contributed by atoms with Gasteiger partial charge in [-0.1, -0.05) is 42.5 Å². The maximum Gasteiger partial charge on any atom is 0.416 e. The lowest BCUT2D eigenvalue weighted by molar-refractivity contribution is -0.137. The first-order valence-corrected chi connectivity index (χ1v) is 11.1. The number of benzene rings is 2. The third-order valence-electron chi connectivity index (χ3n) is 5.58. The molecule has 1 amide bonds. The molecule has 7 nitrogen and oxygen atoms in total. The molecule has 1 N–H and O–H groups in total. The SMILES string of the molecule is Cc1cc2nn(CC(=O)N[C@H](C)CCc3ccccc3)c(=O)n2c(-c2ccc(C(F)(F)F)cc2)n1. The minimum Gasteiger partial charge on any atom is -0.352 e. The first kappa shape index (κ1) is 24.2. The van der Waals surface area contributed by atoms with Crippen LogP contribution in [0.1, 0.15) is 30.2 Å². The number of carbonyl (C=O) groups is 1. The van der Waals surface area contributed by atoms with E-state index in [4.69, 9.17) is 0 Å². The number of nitrogens with zero attached hydrogens (tertiary/aromatic N) is 4. The van der Waals surface area contributed by atoms with Gasteiger partial charge in [-0.3, -0.25) is 4.79 Å². The summed E-state index contributed by atoms with van der Waals surface area (Å²) >= 11 is 0. The molecule has 2 aromatic carbocycles. The van der Waals surface area contributed by atoms with E-state index in [2.05, 4.69) is 15.4 Å². The van der Waals surface area contributed by atoms with Crippen LogP contribution in [0, 0.1) is 6.92 Å². The number of rotatable bonds is 7. The van der Waals surface area contributed by atoms with Gasteiger partial charge in [0, 0.05) is 23.4 Å². The fourth-order valence-electron chi connectivity index (χ4n) is 3.81. The van der Waals surface area contributed by atoms with Gasteiger partial charge in [0.05, 0.1) is 5.56 Å². The Bertz CT molecular complexity index is 1390. The maximum atomic E-state index is 13.1. The van der Waals surface area contributed by atoms with Crippen molar-refractivity contribution in [3.05, 3.63) is 88.0 Å². The summed E-state index contributed by atoms with van der Waals surface area (Å²) in [4.78, 5) is 30.0. The number of nitrogens with one attached hydrogen (secondary N) is 1. The molecule has 1 atom stereocenters. The van der Waals surface area contributed by atoms with Gasteiger partial charge in [-0.2, -0.15) is 13.2 Å². The molecule has 0 saturated carbocycles. The fourth-order valence-corrected chi connectivity index (χ4v) is 3.81. The van der Waals surface area contributed by atoms with Crippen molar-refractivity contribution < 1.29 is 18.0 Å². The molecule has 4 aromatic rings. The molecule has 0 aliphatic rings. The molecule has 35 heavy (non-hydrogen) atoms. The van der Waals surface area contributed by atoms with Crippen molar-refractivity contribution in [2.75, 3.05) is 0 Å². The second-order valence-corrected chi connectivity index (χ2v) is 8.42. The molecular formula is C25H24F3N5O2. The Kier molecular flexibility index (Phi) is 6.72. The van der Waals surface area contributed by atoms with E-state index in [-0.39, 0.29) is 30.0 Å². The van der Waals surface area contributed by atoms with Crippen LogP contribution in [0.15, 0.2) is 65.5 Å². The highest BCUT2D eigenvalue weighted by atomic mass is 19.4. The minimum atomic E-state index is -4.47. The highest BCUT2D eigenvalue weighted by Crippen LogP contribution is 2.30. The van der Waals surface area contributed by atoms with Crippen molar-refractivity contribution in [3.8, 4) is 11.4 Å². The van der Waals surface area contributed by atoms with Crippen molar-refractivity contribution in [3.63, 3.8) is 0 Å². The fraction of sp³-hybridized carbons (Fsp3) is 0.280. The number of amides is 1. The molecule has 2 heterocycles. The molecule has 2 aromatic heterocycles. The number of hydrogen-bond acceptors (Lipinski definition) is 4. The Labute approximate surface area is 199 Å². The summed E-state index contributed by atoms with van der Waals surface area (Å²) in [6.07, 6.45) is -2.93. The second kappa shape index (κ2) is 9.73. The average molecular weight is 483 g/mol. The zero-order chi connectivity index (χ0) is 25.2. The summed E-state index contributed by atoms with van der Waals surface area (Å²) < 4.78 is 41.0. The largest absolute Gasteiger partial charge is 0.416 e. The summed E-state index contributed by atoms with van der Waals surface area (Å²) in [6, 6.07) is 15.8. The molecule has 0 radical (unpaired) electrons. The van der Waals surface area contributed by atoms with Gasteiger partial charge in [0.2, 0.25) is 5.91 Å². The third kappa shape index (κ3) is 5.59. The van der Waals surface area contributed by atoms with E-state index in [0.717, 1.165) is 29.7 Å². The van der Waals surface area contributed by atoms with E-state index >= 15 is 0 Å². The Morgan fingerprint density at radius 3 is 2.43 bits per heavy atom. The molecule has 10 heteroatoms. The van der Waals surface area contributed by atoms with Crippen molar-refractivity contribution >= 4 is 11.6 Å². The Morgan fingerprint density at radius 2 is 1.77 bits per heavy atom. The topological polar surface area (TPSA) is 81.3 Å².